The highest BCUT2D eigenvalue weighted by molar-refractivity contribution is 8.00. The number of hydrogen-bond acceptors (Lipinski definition) is 25. The number of benzene rings is 4. The molecule has 3 saturated heterocycles. The molecule has 2 aliphatic carbocycles. The highest BCUT2D eigenvalue weighted by atomic mass is 35.5. The van der Waals surface area contributed by atoms with Crippen molar-refractivity contribution >= 4 is 94.1 Å². The number of rotatable bonds is 44. The van der Waals surface area contributed by atoms with Crippen molar-refractivity contribution in [2.45, 2.75) is 229 Å². The predicted molar refractivity (Wildman–Crippen MR) is 536 cm³/mol. The number of imidazole rings is 2. The lowest BCUT2D eigenvalue weighted by Crippen LogP contribution is -2.63. The molecule has 6 N–H and O–H groups in total. The van der Waals surface area contributed by atoms with Gasteiger partial charge >= 0.3 is 12.1 Å². The largest absolute Gasteiger partial charge is 0.495 e. The smallest absolute Gasteiger partial charge is 0.409 e. The minimum absolute atomic E-state index is 0.00771. The summed E-state index contributed by atoms with van der Waals surface area (Å²) in [6.07, 6.45) is 19.1. The van der Waals surface area contributed by atoms with Crippen LogP contribution in [-0.4, -0.2) is 253 Å². The quantitative estimate of drug-likeness (QED) is 0.00894. The molecule has 8 heterocycles. The van der Waals surface area contributed by atoms with E-state index in [9.17, 15) is 43.5 Å². The minimum atomic E-state index is -1.90. The van der Waals surface area contributed by atoms with Crippen molar-refractivity contribution < 1.29 is 86.2 Å². The Morgan fingerprint density at radius 3 is 1.99 bits per heavy atom. The fraction of sp³-hybridized carbons (Fsp3) is 0.500. The number of nitrogens with one attached hydrogen (secondary N) is 5. The number of amides is 8. The molecular weight excluding hydrogens is 1870 g/mol. The van der Waals surface area contributed by atoms with E-state index in [1.54, 1.807) is 69.7 Å². The van der Waals surface area contributed by atoms with Gasteiger partial charge in [0.1, 0.15) is 58.1 Å². The van der Waals surface area contributed by atoms with E-state index in [1.165, 1.54) is 54.7 Å². The molecule has 142 heavy (non-hydrogen) atoms. The van der Waals surface area contributed by atoms with Gasteiger partial charge in [-0.15, -0.1) is 11.8 Å². The zero-order valence-corrected chi connectivity index (χ0v) is 84.5. The van der Waals surface area contributed by atoms with E-state index in [4.69, 9.17) is 61.1 Å². The topological polar surface area (TPSA) is 390 Å². The lowest BCUT2D eigenvalue weighted by atomic mass is 9.68. The third kappa shape index (κ3) is 28.6. The number of allylic oxidation sites excluding steroid dienone is 3. The summed E-state index contributed by atoms with van der Waals surface area (Å²) in [7, 11) is 5.88. The number of ether oxygens (including phenoxy) is 8. The molecule has 6 aliphatic rings. The molecule has 0 spiro atoms. The molecule has 760 valence electrons. The normalized spacial score (nSPS) is 22.7. The number of carbonyl (C=O) groups is 9. The van der Waals surface area contributed by atoms with Crippen LogP contribution in [0.2, 0.25) is 10.0 Å². The number of epoxide rings is 1. The van der Waals surface area contributed by atoms with Crippen LogP contribution in [0.4, 0.5) is 10.5 Å². The number of aromatic amines is 2. The summed E-state index contributed by atoms with van der Waals surface area (Å²) in [5.41, 5.74) is 4.36. The standard InChI is InChI=1S/C106H133Cl2N15O18S/c1-70-19-18-22-89(135-8)106(133)61-87(139-103(132)117-106)71(2)97-104(4,141-97)90(60-94(125)119(6)85-57-75(53-70)58-86(134-7)96(85)108)140-101(130)72(3)118(5)93(124)35-52-142-88-59-95(126)123(100(88)129)65-74-25-29-79(30-26-74)99(128)116-45-49-137-51-50-136-48-44-115-98(127)78-27-23-73(24-28-78)64-122(102(131)105(36-12-9-13-37-105)80-31-33-81(107)34-32-80)46-16-17-47-138-84-55-76(62-120(68-91-111-40-41-112-91)66-82-20-10-14-38-109-82)54-77(56-84)63-121(69-92-113-42-43-114-92)67-83-21-11-15-39-110-83/h10-11,14-15,18-24,27-28,31-34,38-43,54-58,71-72,74,79,87-90,97,133H,9,12-13,16-17,25-26,29-30,35-37,44-53,59-69H2,1-8H3,(H,111,112)(H,113,114)(H,115,127)(H,116,128)(H,117,132)/b22-18+,70-19+/t71-,72-,74?,79?,87+,88?,89-,90+,97-,104-,106+/m1/s1. The molecule has 0 radical (unpaired) electrons. The molecule has 5 fully saturated rings. The summed E-state index contributed by atoms with van der Waals surface area (Å²) in [6, 6.07) is 35.9. The van der Waals surface area contributed by atoms with E-state index in [2.05, 4.69) is 73.9 Å². The minimum Gasteiger partial charge on any atom is -0.495 e. The first-order chi connectivity index (χ1) is 68.5. The van der Waals surface area contributed by atoms with Crippen LogP contribution < -0.4 is 30.3 Å². The van der Waals surface area contributed by atoms with Crippen molar-refractivity contribution in [3.8, 4) is 11.5 Å². The molecule has 36 heteroatoms. The molecule has 8 aromatic rings. The van der Waals surface area contributed by atoms with E-state index in [-0.39, 0.29) is 111 Å². The third-order valence-corrected chi connectivity index (χ3v) is 29.7. The Hall–Kier alpha value is -11.4. The Morgan fingerprint density at radius 1 is 0.718 bits per heavy atom. The van der Waals surface area contributed by atoms with Gasteiger partial charge in [-0.25, -0.2) is 19.6 Å². The van der Waals surface area contributed by atoms with Gasteiger partial charge < -0.3 is 78.3 Å². The number of carbonyl (C=O) groups excluding carboxylic acids is 9. The van der Waals surface area contributed by atoms with E-state index in [1.807, 2.05) is 115 Å². The second-order valence-electron chi connectivity index (χ2n) is 38.2. The van der Waals surface area contributed by atoms with Gasteiger partial charge in [0.05, 0.1) is 93.5 Å². The summed E-state index contributed by atoms with van der Waals surface area (Å²) in [4.78, 5) is 161. The number of halogens is 2. The zero-order chi connectivity index (χ0) is 100. The van der Waals surface area contributed by atoms with Gasteiger partial charge in [0.2, 0.25) is 35.4 Å². The molecule has 1 unspecified atom stereocenters. The SMILES string of the molecule is COc1cc2cc(c1Cl)N(C)C(=O)C[C@H](OC(=O)[C@@H](C)N(C)C(=O)CCSC1CC(=O)N(CC3CCC(C(=O)NCCOCCOCCNC(=O)c4ccc(CN(CCCCOc5cc(CN(Cc6ccccn6)Cc6ncc[nH]6)cc(CN(Cc6ccccn6)Cc6ncc[nH]6)c5)C(=O)C5(c6ccc(Cl)cc6)CCCCC5)cc4)CC3)C1=O)[C@@]1(C)O[C@@H]1[C@H](C)[C@@H]1C[C@@](O)(NC(=O)O1)[C@H](OC)/C=C/C=C(\C)C2. The van der Waals surface area contributed by atoms with Crippen LogP contribution in [0.5, 0.6) is 11.5 Å². The van der Waals surface area contributed by atoms with Crippen molar-refractivity contribution in [2.24, 2.45) is 17.8 Å². The number of anilines is 1. The van der Waals surface area contributed by atoms with Crippen molar-refractivity contribution in [3.63, 3.8) is 0 Å². The van der Waals surface area contributed by atoms with Crippen LogP contribution >= 0.6 is 35.0 Å². The lowest BCUT2D eigenvalue weighted by Gasteiger charge is -2.42. The Bertz CT molecular complexity index is 5520. The zero-order valence-electron chi connectivity index (χ0n) is 82.2. The second-order valence-corrected chi connectivity index (χ2v) is 40.3. The first-order valence-corrected chi connectivity index (χ1v) is 51.0. The van der Waals surface area contributed by atoms with Crippen molar-refractivity contribution in [3.05, 3.63) is 243 Å². The number of aromatic nitrogens is 6. The summed E-state index contributed by atoms with van der Waals surface area (Å²) >= 11 is 14.6. The van der Waals surface area contributed by atoms with Gasteiger partial charge in [-0.05, 0) is 185 Å². The van der Waals surface area contributed by atoms with Gasteiger partial charge in [0.25, 0.3) is 5.91 Å². The van der Waals surface area contributed by atoms with Gasteiger partial charge in [0.15, 0.2) is 5.72 Å². The molecular formula is C106H133Cl2N15O18S. The fourth-order valence-corrected chi connectivity index (χ4v) is 21.3. The predicted octanol–water partition coefficient (Wildman–Crippen LogP) is 13.5. The molecule has 8 amide bonds. The number of pyridine rings is 2. The maximum absolute atomic E-state index is 15.5. The van der Waals surface area contributed by atoms with Gasteiger partial charge in [-0.2, -0.15) is 0 Å². The second kappa shape index (κ2) is 50.7. The Balaban J connectivity index is 0.496. The number of esters is 1. The van der Waals surface area contributed by atoms with Gasteiger partial charge in [-0.1, -0.05) is 116 Å². The maximum atomic E-state index is 15.5. The summed E-state index contributed by atoms with van der Waals surface area (Å²) in [6.45, 7) is 13.4. The number of imide groups is 1. The van der Waals surface area contributed by atoms with Crippen LogP contribution in [0.15, 0.2) is 176 Å². The van der Waals surface area contributed by atoms with Crippen LogP contribution in [-0.2, 0) is 120 Å². The van der Waals surface area contributed by atoms with Gasteiger partial charge in [0, 0.05) is 165 Å². The highest BCUT2D eigenvalue weighted by Gasteiger charge is 2.65. The average molecular weight is 2010 g/mol. The summed E-state index contributed by atoms with van der Waals surface area (Å²) in [5.74, 6) is -0.605. The molecule has 4 aromatic heterocycles. The number of hydrogen-bond donors (Lipinski definition) is 6. The Labute approximate surface area is 844 Å². The number of unbranched alkanes of at least 4 members (excludes halogenated alkanes) is 1. The number of alkyl carbamates (subject to hydrolysis) is 1. The molecule has 9 atom stereocenters. The van der Waals surface area contributed by atoms with Crippen molar-refractivity contribution in [1.82, 2.24) is 70.4 Å². The average Bonchev–Trinajstić information content (AvgIpc) is 1.56. The lowest BCUT2D eigenvalue weighted by molar-refractivity contribution is -0.162. The van der Waals surface area contributed by atoms with Crippen LogP contribution in [0.1, 0.15) is 185 Å². The number of H-pyrrole nitrogens is 2. The first kappa shape index (κ1) is 106. The van der Waals surface area contributed by atoms with Gasteiger partial charge in [-0.3, -0.25) is 63.5 Å². The number of aliphatic hydroxyl groups is 1. The van der Waals surface area contributed by atoms with E-state index < -0.39 is 88.7 Å². The monoisotopic (exact) mass is 2010 g/mol. The van der Waals surface area contributed by atoms with Crippen molar-refractivity contribution in [2.75, 3.05) is 98.2 Å². The third-order valence-electron chi connectivity index (χ3n) is 27.9. The van der Waals surface area contributed by atoms with E-state index in [0.717, 1.165) is 94.3 Å². The number of fused-ring (bicyclic) bond motifs is 5. The molecule has 4 bridgehead atoms. The molecule has 2 saturated carbocycles. The number of nitrogens with zero attached hydrogens (tertiary/aromatic N) is 10. The van der Waals surface area contributed by atoms with Crippen LogP contribution in [0.25, 0.3) is 0 Å². The molecule has 14 rings (SSSR count). The number of likely N-dealkylation sites (N-methyl/N-ethyl adjacent to an activating group) is 1. The Kier molecular flexibility index (Phi) is 37.9. The number of likely N-dealkylation sites (tertiary alicyclic amines) is 1. The van der Waals surface area contributed by atoms with Crippen LogP contribution in [0.3, 0.4) is 0 Å². The van der Waals surface area contributed by atoms with Crippen LogP contribution in [0, 0.1) is 17.8 Å². The molecule has 33 nitrogen and oxygen atoms in total. The molecule has 4 aromatic carbocycles. The highest BCUT2D eigenvalue weighted by Crippen LogP contribution is 2.50. The maximum Gasteiger partial charge on any atom is 0.409 e. The van der Waals surface area contributed by atoms with E-state index in [0.29, 0.717) is 132 Å². The summed E-state index contributed by atoms with van der Waals surface area (Å²) in [5, 5.41) is 20.5. The first-order valence-electron chi connectivity index (χ1n) is 49.2. The number of thioether (sulfide) groups is 1. The fourth-order valence-electron chi connectivity index (χ4n) is 19.7. The van der Waals surface area contributed by atoms with Crippen molar-refractivity contribution in [1.29, 1.82) is 0 Å². The number of methoxy groups -OCH3 is 2. The summed E-state index contributed by atoms with van der Waals surface area (Å²) < 4.78 is 48.1. The van der Waals surface area contributed by atoms with E-state index >= 15 is 4.79 Å². The Morgan fingerprint density at radius 2 is 1.37 bits per heavy atom. The molecule has 4 aliphatic heterocycles.